The monoisotopic (exact) mass is 164 g/mol. The molecule has 0 radical (unpaired) electrons. The Hall–Kier alpha value is -0.250. The lowest BCUT2D eigenvalue weighted by atomic mass is 10.2. The summed E-state index contributed by atoms with van der Waals surface area (Å²) >= 11 is 0.943. The third-order valence-corrected chi connectivity index (χ3v) is 2.56. The van der Waals surface area contributed by atoms with Crippen molar-refractivity contribution >= 4 is 17.7 Å². The van der Waals surface area contributed by atoms with Gasteiger partial charge in [-0.15, -0.1) is 0 Å². The van der Waals surface area contributed by atoms with Crippen molar-refractivity contribution in [1.82, 2.24) is 0 Å². The number of rotatable bonds is 1. The van der Waals surface area contributed by atoms with Gasteiger partial charge in [0, 0.05) is 5.92 Å². The predicted octanol–water partition coefficient (Wildman–Crippen LogP) is 1.55. The van der Waals surface area contributed by atoms with Crippen LogP contribution < -0.4 is 0 Å². The van der Waals surface area contributed by atoms with Crippen molar-refractivity contribution < 1.29 is 13.9 Å². The van der Waals surface area contributed by atoms with E-state index in [1.807, 2.05) is 13.8 Å². The van der Waals surface area contributed by atoms with E-state index in [2.05, 4.69) is 4.74 Å². The Morgan fingerprint density at radius 2 is 2.30 bits per heavy atom. The minimum atomic E-state index is -1.47. The number of hydrogen-bond donors (Lipinski definition) is 0. The SMILES string of the molecule is CC(C)C1OC(=O)C(F)S1. The molecule has 0 aromatic carbocycles. The van der Waals surface area contributed by atoms with Gasteiger partial charge in [0.2, 0.25) is 5.50 Å². The summed E-state index contributed by atoms with van der Waals surface area (Å²) in [6, 6.07) is 0. The largest absolute Gasteiger partial charge is 0.448 e. The summed E-state index contributed by atoms with van der Waals surface area (Å²) in [7, 11) is 0. The van der Waals surface area contributed by atoms with E-state index in [0.29, 0.717) is 0 Å². The van der Waals surface area contributed by atoms with E-state index in [1.165, 1.54) is 0 Å². The number of carbonyl (C=O) groups is 1. The van der Waals surface area contributed by atoms with Gasteiger partial charge in [-0.25, -0.2) is 9.18 Å². The molecule has 0 amide bonds. The number of halogens is 1. The van der Waals surface area contributed by atoms with Gasteiger partial charge in [-0.1, -0.05) is 25.6 Å². The van der Waals surface area contributed by atoms with Crippen molar-refractivity contribution in [3.8, 4) is 0 Å². The van der Waals surface area contributed by atoms with E-state index in [0.717, 1.165) is 11.8 Å². The van der Waals surface area contributed by atoms with Gasteiger partial charge in [0.05, 0.1) is 0 Å². The minimum absolute atomic E-state index is 0.190. The maximum absolute atomic E-state index is 12.4. The van der Waals surface area contributed by atoms with E-state index in [4.69, 9.17) is 0 Å². The lowest BCUT2D eigenvalue weighted by Gasteiger charge is -2.09. The van der Waals surface area contributed by atoms with Gasteiger partial charge >= 0.3 is 5.97 Å². The Kier molecular flexibility index (Phi) is 2.18. The molecule has 4 heteroatoms. The lowest BCUT2D eigenvalue weighted by Crippen LogP contribution is -2.11. The van der Waals surface area contributed by atoms with Gasteiger partial charge in [-0.3, -0.25) is 0 Å². The maximum atomic E-state index is 12.4. The Balaban J connectivity index is 2.49. The molecule has 0 saturated carbocycles. The molecule has 0 spiro atoms. The third kappa shape index (κ3) is 1.42. The zero-order chi connectivity index (χ0) is 7.72. The van der Waals surface area contributed by atoms with Crippen LogP contribution in [0.1, 0.15) is 13.8 Å². The second kappa shape index (κ2) is 2.78. The van der Waals surface area contributed by atoms with Crippen molar-refractivity contribution in [2.24, 2.45) is 5.92 Å². The smallest absolute Gasteiger partial charge is 0.352 e. The van der Waals surface area contributed by atoms with Crippen molar-refractivity contribution in [2.45, 2.75) is 24.8 Å². The van der Waals surface area contributed by atoms with Crippen LogP contribution in [0.3, 0.4) is 0 Å². The Bertz CT molecular complexity index is 149. The molecular formula is C6H9FO2S. The molecule has 1 aliphatic heterocycles. The highest BCUT2D eigenvalue weighted by molar-refractivity contribution is 8.01. The van der Waals surface area contributed by atoms with Gasteiger partial charge in [-0.05, 0) is 0 Å². The fourth-order valence-corrected chi connectivity index (χ4v) is 1.53. The summed E-state index contributed by atoms with van der Waals surface area (Å²) in [4.78, 5) is 10.5. The molecule has 2 unspecified atom stereocenters. The highest BCUT2D eigenvalue weighted by atomic mass is 32.2. The first-order valence-corrected chi connectivity index (χ1v) is 4.05. The zero-order valence-corrected chi connectivity index (χ0v) is 6.65. The molecule has 0 aromatic heterocycles. The van der Waals surface area contributed by atoms with Gasteiger partial charge in [0.25, 0.3) is 0 Å². The fraction of sp³-hybridized carbons (Fsp3) is 0.833. The maximum Gasteiger partial charge on any atom is 0.352 e. The molecular weight excluding hydrogens is 155 g/mol. The molecule has 2 atom stereocenters. The summed E-state index contributed by atoms with van der Waals surface area (Å²) in [5.41, 5.74) is -1.75. The van der Waals surface area contributed by atoms with Crippen LogP contribution in [-0.2, 0) is 9.53 Å². The molecule has 0 aromatic rings. The Labute approximate surface area is 63.1 Å². The highest BCUT2D eigenvalue weighted by Gasteiger charge is 2.36. The minimum Gasteiger partial charge on any atom is -0.448 e. The van der Waals surface area contributed by atoms with Crippen LogP contribution in [0.5, 0.6) is 0 Å². The van der Waals surface area contributed by atoms with Crippen LogP contribution in [-0.4, -0.2) is 16.9 Å². The summed E-state index contributed by atoms with van der Waals surface area (Å²) in [5, 5.41) is 0. The van der Waals surface area contributed by atoms with E-state index >= 15 is 0 Å². The van der Waals surface area contributed by atoms with Crippen LogP contribution in [0, 0.1) is 5.92 Å². The standard InChI is InChI=1S/C6H9FO2S/c1-3(2)6-9-5(8)4(7)10-6/h3-4,6H,1-2H3. The molecule has 2 nitrogen and oxygen atoms in total. The first-order chi connectivity index (χ1) is 4.61. The summed E-state index contributed by atoms with van der Waals surface area (Å²) < 4.78 is 17.1. The van der Waals surface area contributed by atoms with Gasteiger partial charge in [0.1, 0.15) is 0 Å². The molecule has 0 bridgehead atoms. The second-order valence-corrected chi connectivity index (χ2v) is 3.65. The van der Waals surface area contributed by atoms with Crippen LogP contribution in [0.2, 0.25) is 0 Å². The molecule has 1 heterocycles. The van der Waals surface area contributed by atoms with Crippen LogP contribution in [0.15, 0.2) is 0 Å². The molecule has 1 aliphatic rings. The fourth-order valence-electron chi connectivity index (χ4n) is 0.662. The molecule has 10 heavy (non-hydrogen) atoms. The molecule has 1 rings (SSSR count). The number of thioether (sulfide) groups is 1. The van der Waals surface area contributed by atoms with Crippen molar-refractivity contribution in [2.75, 3.05) is 0 Å². The number of carbonyl (C=O) groups excluding carboxylic acids is 1. The normalized spacial score (nSPS) is 33.0. The van der Waals surface area contributed by atoms with Gasteiger partial charge in [-0.2, -0.15) is 0 Å². The lowest BCUT2D eigenvalue weighted by molar-refractivity contribution is -0.146. The number of cyclic esters (lactones) is 1. The average molecular weight is 164 g/mol. The first kappa shape index (κ1) is 7.85. The first-order valence-electron chi connectivity index (χ1n) is 3.11. The number of ether oxygens (including phenoxy) is 1. The molecule has 1 saturated heterocycles. The van der Waals surface area contributed by atoms with Crippen LogP contribution in [0.4, 0.5) is 4.39 Å². The second-order valence-electron chi connectivity index (χ2n) is 2.50. The van der Waals surface area contributed by atoms with Crippen molar-refractivity contribution in [1.29, 1.82) is 0 Å². The Morgan fingerprint density at radius 1 is 1.70 bits per heavy atom. The van der Waals surface area contributed by atoms with E-state index in [9.17, 15) is 9.18 Å². The average Bonchev–Trinajstić information content (AvgIpc) is 2.13. The van der Waals surface area contributed by atoms with E-state index < -0.39 is 11.5 Å². The van der Waals surface area contributed by atoms with E-state index in [1.54, 1.807) is 0 Å². The van der Waals surface area contributed by atoms with E-state index in [-0.39, 0.29) is 11.4 Å². The van der Waals surface area contributed by atoms with Crippen molar-refractivity contribution in [3.05, 3.63) is 0 Å². The molecule has 58 valence electrons. The topological polar surface area (TPSA) is 26.3 Å². The van der Waals surface area contributed by atoms with Gasteiger partial charge < -0.3 is 4.74 Å². The number of esters is 1. The molecule has 0 N–H and O–H groups in total. The van der Waals surface area contributed by atoms with Crippen LogP contribution in [0.25, 0.3) is 0 Å². The Morgan fingerprint density at radius 3 is 2.50 bits per heavy atom. The van der Waals surface area contributed by atoms with Gasteiger partial charge in [0.15, 0.2) is 5.44 Å². The highest BCUT2D eigenvalue weighted by Crippen LogP contribution is 2.33. The number of hydrogen-bond acceptors (Lipinski definition) is 3. The zero-order valence-electron chi connectivity index (χ0n) is 5.83. The predicted molar refractivity (Wildman–Crippen MR) is 37.2 cm³/mol. The summed E-state index contributed by atoms with van der Waals surface area (Å²) in [5.74, 6) is -0.543. The van der Waals surface area contributed by atoms with Crippen LogP contribution >= 0.6 is 11.8 Å². The van der Waals surface area contributed by atoms with Crippen molar-refractivity contribution in [3.63, 3.8) is 0 Å². The summed E-state index contributed by atoms with van der Waals surface area (Å²) in [6.07, 6.45) is 0. The molecule has 1 fully saturated rings. The quantitative estimate of drug-likeness (QED) is 0.550. The third-order valence-electron chi connectivity index (χ3n) is 1.22. The molecule has 0 aliphatic carbocycles. The summed E-state index contributed by atoms with van der Waals surface area (Å²) in [6.45, 7) is 3.78. The number of alkyl halides is 1.